The van der Waals surface area contributed by atoms with Crippen molar-refractivity contribution in [2.24, 2.45) is 0 Å². The van der Waals surface area contributed by atoms with Crippen molar-refractivity contribution < 1.29 is 0 Å². The van der Waals surface area contributed by atoms with Gasteiger partial charge in [-0.2, -0.15) is 5.26 Å². The van der Waals surface area contributed by atoms with Crippen molar-refractivity contribution in [1.82, 2.24) is 4.98 Å². The highest BCUT2D eigenvalue weighted by Gasteiger charge is 2.39. The van der Waals surface area contributed by atoms with Crippen LogP contribution in [0.1, 0.15) is 36.1 Å². The fraction of sp³-hybridized carbons (Fsp3) is 0.400. The van der Waals surface area contributed by atoms with Gasteiger partial charge in [-0.3, -0.25) is 0 Å². The molecule has 0 amide bonds. The zero-order valence-electron chi connectivity index (χ0n) is 10.3. The molecule has 1 aliphatic carbocycles. The molecule has 2 heteroatoms. The number of nitriles is 1. The maximum Gasteiger partial charge on any atom is 0.0822 e. The average molecular weight is 224 g/mol. The van der Waals surface area contributed by atoms with Crippen LogP contribution in [-0.4, -0.2) is 4.98 Å². The van der Waals surface area contributed by atoms with E-state index in [4.69, 9.17) is 0 Å². The van der Waals surface area contributed by atoms with E-state index in [0.717, 1.165) is 12.8 Å². The van der Waals surface area contributed by atoms with Crippen LogP contribution >= 0.6 is 0 Å². The van der Waals surface area contributed by atoms with Gasteiger partial charge in [0.15, 0.2) is 0 Å². The van der Waals surface area contributed by atoms with Crippen LogP contribution in [-0.2, 0) is 5.41 Å². The van der Waals surface area contributed by atoms with Crippen LogP contribution in [0.15, 0.2) is 18.2 Å². The first-order valence-corrected chi connectivity index (χ1v) is 6.17. The number of fused-ring (bicyclic) bond motifs is 1. The Bertz CT molecular complexity index is 624. The first-order valence-electron chi connectivity index (χ1n) is 6.17. The molecule has 1 aliphatic rings. The van der Waals surface area contributed by atoms with Gasteiger partial charge in [-0.1, -0.05) is 6.07 Å². The molecule has 2 aromatic rings. The number of hydrogen-bond donors (Lipinski definition) is 1. The summed E-state index contributed by atoms with van der Waals surface area (Å²) in [6, 6.07) is 8.94. The van der Waals surface area contributed by atoms with Gasteiger partial charge in [0.2, 0.25) is 0 Å². The number of benzene rings is 1. The number of rotatable bonds is 1. The highest BCUT2D eigenvalue weighted by atomic mass is 14.7. The summed E-state index contributed by atoms with van der Waals surface area (Å²) >= 11 is 0. The number of H-pyrrole nitrogens is 1. The monoisotopic (exact) mass is 224 g/mol. The second-order valence-corrected chi connectivity index (χ2v) is 5.18. The lowest BCUT2D eigenvalue weighted by Crippen LogP contribution is -2.32. The van der Waals surface area contributed by atoms with E-state index >= 15 is 0 Å². The van der Waals surface area contributed by atoms with Crippen molar-refractivity contribution in [3.63, 3.8) is 0 Å². The number of nitrogens with zero attached hydrogens (tertiary/aromatic N) is 1. The van der Waals surface area contributed by atoms with Gasteiger partial charge in [0.1, 0.15) is 0 Å². The molecule has 2 nitrogen and oxygen atoms in total. The van der Waals surface area contributed by atoms with Crippen LogP contribution in [0.4, 0.5) is 0 Å². The zero-order chi connectivity index (χ0) is 12.0. The van der Waals surface area contributed by atoms with Crippen LogP contribution in [0.5, 0.6) is 0 Å². The molecule has 0 atom stereocenters. The van der Waals surface area contributed by atoms with Gasteiger partial charge in [-0.15, -0.1) is 0 Å². The predicted octanol–water partition coefficient (Wildman–Crippen LogP) is 3.73. The minimum absolute atomic E-state index is 0.203. The fourth-order valence-electron chi connectivity index (χ4n) is 2.75. The Morgan fingerprint density at radius 2 is 2.06 bits per heavy atom. The number of aromatic nitrogens is 1. The van der Waals surface area contributed by atoms with Crippen molar-refractivity contribution in [3.05, 3.63) is 35.0 Å². The summed E-state index contributed by atoms with van der Waals surface area (Å²) in [7, 11) is 0. The molecule has 0 saturated heterocycles. The Hall–Kier alpha value is -1.75. The maximum absolute atomic E-state index is 9.38. The summed E-state index contributed by atoms with van der Waals surface area (Å²) in [5.41, 5.74) is 4.69. The molecular formula is C15H16N2. The molecule has 0 bridgehead atoms. The maximum atomic E-state index is 9.38. The quantitative estimate of drug-likeness (QED) is 0.787. The van der Waals surface area contributed by atoms with E-state index < -0.39 is 0 Å². The molecule has 0 radical (unpaired) electrons. The number of hydrogen-bond acceptors (Lipinski definition) is 1. The van der Waals surface area contributed by atoms with E-state index in [1.54, 1.807) is 0 Å². The Balaban J connectivity index is 2.20. The molecule has 86 valence electrons. The normalized spacial score (nSPS) is 17.7. The molecule has 1 heterocycles. The van der Waals surface area contributed by atoms with Crippen LogP contribution in [0.3, 0.4) is 0 Å². The van der Waals surface area contributed by atoms with E-state index in [-0.39, 0.29) is 5.41 Å². The minimum atomic E-state index is -0.203. The van der Waals surface area contributed by atoms with E-state index in [9.17, 15) is 5.26 Å². The SMILES string of the molecule is Cc1[nH]c2ccc(C3(C#N)CCC3)cc2c1C. The van der Waals surface area contributed by atoms with Gasteiger partial charge in [-0.05, 0) is 56.4 Å². The van der Waals surface area contributed by atoms with Crippen LogP contribution in [0.25, 0.3) is 10.9 Å². The van der Waals surface area contributed by atoms with Crippen molar-refractivity contribution in [2.75, 3.05) is 0 Å². The van der Waals surface area contributed by atoms with Gasteiger partial charge in [0.05, 0.1) is 11.5 Å². The van der Waals surface area contributed by atoms with E-state index in [1.165, 1.54) is 34.1 Å². The smallest absolute Gasteiger partial charge is 0.0822 e. The first-order chi connectivity index (χ1) is 8.16. The molecule has 1 aromatic heterocycles. The lowest BCUT2D eigenvalue weighted by Gasteiger charge is -2.35. The van der Waals surface area contributed by atoms with Gasteiger partial charge >= 0.3 is 0 Å². The van der Waals surface area contributed by atoms with Gasteiger partial charge < -0.3 is 4.98 Å². The third-order valence-electron chi connectivity index (χ3n) is 4.28. The van der Waals surface area contributed by atoms with Crippen molar-refractivity contribution in [3.8, 4) is 6.07 Å². The van der Waals surface area contributed by atoms with Gasteiger partial charge in [0.25, 0.3) is 0 Å². The largest absolute Gasteiger partial charge is 0.358 e. The highest BCUT2D eigenvalue weighted by molar-refractivity contribution is 5.85. The van der Waals surface area contributed by atoms with E-state index in [2.05, 4.69) is 43.1 Å². The number of nitrogens with one attached hydrogen (secondary N) is 1. The first kappa shape index (κ1) is 10.4. The third kappa shape index (κ3) is 1.32. The molecule has 0 unspecified atom stereocenters. The van der Waals surface area contributed by atoms with Crippen molar-refractivity contribution in [1.29, 1.82) is 5.26 Å². The molecule has 1 N–H and O–H groups in total. The lowest BCUT2D eigenvalue weighted by atomic mass is 9.65. The zero-order valence-corrected chi connectivity index (χ0v) is 10.3. The number of aryl methyl sites for hydroxylation is 2. The average Bonchev–Trinajstić information content (AvgIpc) is 2.55. The molecule has 1 fully saturated rings. The Morgan fingerprint density at radius 1 is 1.29 bits per heavy atom. The van der Waals surface area contributed by atoms with E-state index in [0.29, 0.717) is 0 Å². The summed E-state index contributed by atoms with van der Waals surface area (Å²) in [4.78, 5) is 3.38. The predicted molar refractivity (Wildman–Crippen MR) is 68.9 cm³/mol. The number of aromatic amines is 1. The Kier molecular flexibility index (Phi) is 2.06. The summed E-state index contributed by atoms with van der Waals surface area (Å²) in [5, 5.41) is 10.6. The van der Waals surface area contributed by atoms with E-state index in [1.807, 2.05) is 0 Å². The van der Waals surface area contributed by atoms with Crippen molar-refractivity contribution >= 4 is 10.9 Å². The highest BCUT2D eigenvalue weighted by Crippen LogP contribution is 2.44. The second-order valence-electron chi connectivity index (χ2n) is 5.18. The molecule has 0 aliphatic heterocycles. The third-order valence-corrected chi connectivity index (χ3v) is 4.28. The van der Waals surface area contributed by atoms with Gasteiger partial charge in [0, 0.05) is 16.6 Å². The molecular weight excluding hydrogens is 208 g/mol. The molecule has 1 aromatic carbocycles. The topological polar surface area (TPSA) is 39.6 Å². The van der Waals surface area contributed by atoms with Crippen LogP contribution in [0, 0.1) is 25.2 Å². The summed E-state index contributed by atoms with van der Waals surface area (Å²) in [6.45, 7) is 4.23. The second kappa shape index (κ2) is 3.37. The molecule has 0 spiro atoms. The molecule has 1 saturated carbocycles. The standard InChI is InChI=1S/C15H16N2/c1-10-11(2)17-14-5-4-12(8-13(10)14)15(9-16)6-3-7-15/h4-5,8,17H,3,6-7H2,1-2H3. The molecule has 3 rings (SSSR count). The fourth-order valence-corrected chi connectivity index (χ4v) is 2.75. The summed E-state index contributed by atoms with van der Waals surface area (Å²) < 4.78 is 0. The minimum Gasteiger partial charge on any atom is -0.358 e. The molecule has 17 heavy (non-hydrogen) atoms. The van der Waals surface area contributed by atoms with Crippen molar-refractivity contribution in [2.45, 2.75) is 38.5 Å². The Labute approximate surface area is 101 Å². The van der Waals surface area contributed by atoms with Crippen LogP contribution in [0.2, 0.25) is 0 Å². The van der Waals surface area contributed by atoms with Crippen LogP contribution < -0.4 is 0 Å². The summed E-state index contributed by atoms with van der Waals surface area (Å²) in [6.07, 6.45) is 3.20. The summed E-state index contributed by atoms with van der Waals surface area (Å²) in [5.74, 6) is 0. The Morgan fingerprint density at radius 3 is 2.65 bits per heavy atom. The van der Waals surface area contributed by atoms with Gasteiger partial charge in [-0.25, -0.2) is 0 Å². The lowest BCUT2D eigenvalue weighted by molar-refractivity contribution is 0.324.